The molecule has 1 amide bonds. The van der Waals surface area contributed by atoms with Gasteiger partial charge in [0, 0.05) is 17.9 Å². The minimum atomic E-state index is -0.489. The molecule has 1 fully saturated rings. The SMILES string of the molecule is C[C@@H](NC(=O)OC(C)(C)C)c1nc([C@@H]2CCCOC2)cs1. The molecular weight excluding hydrogens is 288 g/mol. The van der Waals surface area contributed by atoms with Crippen LogP contribution in [0.4, 0.5) is 4.79 Å². The van der Waals surface area contributed by atoms with Crippen LogP contribution in [0.3, 0.4) is 0 Å². The number of carbonyl (C=O) groups excluding carboxylic acids is 1. The van der Waals surface area contributed by atoms with E-state index in [1.165, 1.54) is 0 Å². The van der Waals surface area contributed by atoms with Gasteiger partial charge in [0.15, 0.2) is 0 Å². The summed E-state index contributed by atoms with van der Waals surface area (Å²) in [4.78, 5) is 16.4. The first-order valence-corrected chi connectivity index (χ1v) is 8.25. The molecule has 2 heterocycles. The molecule has 5 nitrogen and oxygen atoms in total. The number of nitrogens with one attached hydrogen (secondary N) is 1. The Kier molecular flexibility index (Phi) is 5.22. The van der Waals surface area contributed by atoms with Gasteiger partial charge < -0.3 is 14.8 Å². The molecule has 1 N–H and O–H groups in total. The first-order valence-electron chi connectivity index (χ1n) is 7.38. The second kappa shape index (κ2) is 6.75. The van der Waals surface area contributed by atoms with Crippen LogP contribution in [-0.4, -0.2) is 29.9 Å². The van der Waals surface area contributed by atoms with Crippen molar-refractivity contribution >= 4 is 17.4 Å². The van der Waals surface area contributed by atoms with Crippen molar-refractivity contribution in [2.24, 2.45) is 0 Å². The van der Waals surface area contributed by atoms with E-state index in [2.05, 4.69) is 15.7 Å². The number of thiazole rings is 1. The summed E-state index contributed by atoms with van der Waals surface area (Å²) in [7, 11) is 0. The van der Waals surface area contributed by atoms with Crippen LogP contribution in [-0.2, 0) is 9.47 Å². The van der Waals surface area contributed by atoms with E-state index in [9.17, 15) is 4.79 Å². The summed E-state index contributed by atoms with van der Waals surface area (Å²) in [6, 6.07) is -0.150. The highest BCUT2D eigenvalue weighted by atomic mass is 32.1. The first kappa shape index (κ1) is 16.2. The Morgan fingerprint density at radius 1 is 1.57 bits per heavy atom. The Hall–Kier alpha value is -1.14. The number of rotatable bonds is 3. The summed E-state index contributed by atoms with van der Waals surface area (Å²) < 4.78 is 10.8. The average Bonchev–Trinajstić information content (AvgIpc) is 2.87. The Morgan fingerprint density at radius 2 is 2.33 bits per heavy atom. The van der Waals surface area contributed by atoms with Gasteiger partial charge in [-0.25, -0.2) is 9.78 Å². The minimum absolute atomic E-state index is 0.150. The zero-order valence-corrected chi connectivity index (χ0v) is 14.0. The predicted octanol–water partition coefficient (Wildman–Crippen LogP) is 3.62. The maximum absolute atomic E-state index is 11.8. The molecule has 1 aliphatic rings. The number of hydrogen-bond acceptors (Lipinski definition) is 5. The van der Waals surface area contributed by atoms with Gasteiger partial charge in [-0.1, -0.05) is 0 Å². The Morgan fingerprint density at radius 3 is 2.95 bits per heavy atom. The largest absolute Gasteiger partial charge is 0.444 e. The quantitative estimate of drug-likeness (QED) is 0.926. The summed E-state index contributed by atoms with van der Waals surface area (Å²) in [5.74, 6) is 0.387. The highest BCUT2D eigenvalue weighted by Crippen LogP contribution is 2.28. The van der Waals surface area contributed by atoms with Crippen LogP contribution in [0.1, 0.15) is 63.2 Å². The van der Waals surface area contributed by atoms with Crippen LogP contribution in [0.5, 0.6) is 0 Å². The number of hydrogen-bond donors (Lipinski definition) is 1. The van der Waals surface area contributed by atoms with Gasteiger partial charge in [-0.15, -0.1) is 11.3 Å². The van der Waals surface area contributed by atoms with E-state index in [4.69, 9.17) is 9.47 Å². The van der Waals surface area contributed by atoms with E-state index in [1.54, 1.807) is 11.3 Å². The minimum Gasteiger partial charge on any atom is -0.444 e. The summed E-state index contributed by atoms with van der Waals surface area (Å²) in [6.07, 6.45) is 1.80. The molecule has 0 unspecified atom stereocenters. The Labute approximate surface area is 130 Å². The molecule has 6 heteroatoms. The predicted molar refractivity (Wildman–Crippen MR) is 82.7 cm³/mol. The summed E-state index contributed by atoms with van der Waals surface area (Å²) in [6.45, 7) is 9.07. The standard InChI is InChI=1S/C15H24N2O3S/c1-10(16-14(18)20-15(2,3)4)13-17-12(9-21-13)11-6-5-7-19-8-11/h9-11H,5-8H2,1-4H3,(H,16,18)/t10-,11-/m1/s1. The summed E-state index contributed by atoms with van der Waals surface area (Å²) in [5.41, 5.74) is 0.588. The number of carbonyl (C=O) groups is 1. The number of amides is 1. The van der Waals surface area contributed by atoms with Crippen molar-refractivity contribution in [2.75, 3.05) is 13.2 Å². The molecule has 0 radical (unpaired) electrons. The van der Waals surface area contributed by atoms with Crippen LogP contribution >= 0.6 is 11.3 Å². The van der Waals surface area contributed by atoms with E-state index in [-0.39, 0.29) is 6.04 Å². The van der Waals surface area contributed by atoms with Gasteiger partial charge in [0.25, 0.3) is 0 Å². The molecule has 0 aromatic carbocycles. The molecule has 1 aromatic rings. The van der Waals surface area contributed by atoms with Crippen molar-refractivity contribution < 1.29 is 14.3 Å². The smallest absolute Gasteiger partial charge is 0.408 e. The molecule has 0 saturated carbocycles. The Bertz CT molecular complexity index is 476. The molecule has 0 spiro atoms. The van der Waals surface area contributed by atoms with Crippen LogP contribution in [0.2, 0.25) is 0 Å². The van der Waals surface area contributed by atoms with Gasteiger partial charge in [0.05, 0.1) is 18.3 Å². The monoisotopic (exact) mass is 312 g/mol. The van der Waals surface area contributed by atoms with Gasteiger partial charge in [-0.2, -0.15) is 0 Å². The fraction of sp³-hybridized carbons (Fsp3) is 0.733. The van der Waals surface area contributed by atoms with Crippen molar-refractivity contribution in [3.63, 3.8) is 0 Å². The molecule has 2 rings (SSSR count). The third kappa shape index (κ3) is 4.97. The average molecular weight is 312 g/mol. The van der Waals surface area contributed by atoms with Gasteiger partial charge >= 0.3 is 6.09 Å². The second-order valence-electron chi connectivity index (χ2n) is 6.39. The molecule has 1 aliphatic heterocycles. The van der Waals surface area contributed by atoms with Gasteiger partial charge in [0.2, 0.25) is 0 Å². The van der Waals surface area contributed by atoms with Crippen LogP contribution in [0, 0.1) is 0 Å². The third-order valence-electron chi connectivity index (χ3n) is 3.22. The summed E-state index contributed by atoms with van der Waals surface area (Å²) in [5, 5.41) is 5.80. The molecule has 2 atom stereocenters. The van der Waals surface area contributed by atoms with Crippen molar-refractivity contribution in [3.8, 4) is 0 Å². The fourth-order valence-electron chi connectivity index (χ4n) is 2.21. The van der Waals surface area contributed by atoms with Gasteiger partial charge in [0.1, 0.15) is 10.6 Å². The topological polar surface area (TPSA) is 60.5 Å². The molecule has 21 heavy (non-hydrogen) atoms. The number of nitrogens with zero attached hydrogens (tertiary/aromatic N) is 1. The van der Waals surface area contributed by atoms with E-state index in [0.29, 0.717) is 5.92 Å². The van der Waals surface area contributed by atoms with E-state index in [1.807, 2.05) is 27.7 Å². The molecule has 0 aliphatic carbocycles. The van der Waals surface area contributed by atoms with Gasteiger partial charge in [-0.3, -0.25) is 0 Å². The van der Waals surface area contributed by atoms with Crippen LogP contribution in [0.25, 0.3) is 0 Å². The number of ether oxygens (including phenoxy) is 2. The maximum Gasteiger partial charge on any atom is 0.408 e. The summed E-state index contributed by atoms with van der Waals surface area (Å²) >= 11 is 1.57. The zero-order chi connectivity index (χ0) is 15.5. The lowest BCUT2D eigenvalue weighted by Gasteiger charge is -2.21. The van der Waals surface area contributed by atoms with Crippen molar-refractivity contribution in [2.45, 2.75) is 58.1 Å². The Balaban J connectivity index is 1.92. The number of aromatic nitrogens is 1. The fourth-order valence-corrected chi connectivity index (χ4v) is 3.11. The number of alkyl carbamates (subject to hydrolysis) is 1. The second-order valence-corrected chi connectivity index (χ2v) is 7.28. The van der Waals surface area contributed by atoms with Gasteiger partial charge in [-0.05, 0) is 40.5 Å². The molecule has 1 aromatic heterocycles. The molecule has 0 bridgehead atoms. The first-order chi connectivity index (χ1) is 9.85. The van der Waals surface area contributed by atoms with Crippen LogP contribution < -0.4 is 5.32 Å². The van der Waals surface area contributed by atoms with Crippen molar-refractivity contribution in [3.05, 3.63) is 16.1 Å². The molecular formula is C15H24N2O3S. The van der Waals surface area contributed by atoms with E-state index < -0.39 is 11.7 Å². The lowest BCUT2D eigenvalue weighted by atomic mass is 10.00. The van der Waals surface area contributed by atoms with E-state index in [0.717, 1.165) is 36.8 Å². The van der Waals surface area contributed by atoms with Crippen molar-refractivity contribution in [1.29, 1.82) is 0 Å². The van der Waals surface area contributed by atoms with Crippen molar-refractivity contribution in [1.82, 2.24) is 10.3 Å². The normalized spacial score (nSPS) is 20.9. The van der Waals surface area contributed by atoms with E-state index >= 15 is 0 Å². The maximum atomic E-state index is 11.8. The molecule has 1 saturated heterocycles. The lowest BCUT2D eigenvalue weighted by Crippen LogP contribution is -2.34. The lowest BCUT2D eigenvalue weighted by molar-refractivity contribution is 0.0507. The zero-order valence-electron chi connectivity index (χ0n) is 13.1. The third-order valence-corrected chi connectivity index (χ3v) is 4.27. The highest BCUT2D eigenvalue weighted by Gasteiger charge is 2.22. The molecule has 118 valence electrons. The van der Waals surface area contributed by atoms with Crippen LogP contribution in [0.15, 0.2) is 5.38 Å². The highest BCUT2D eigenvalue weighted by molar-refractivity contribution is 7.09.